The van der Waals surface area contributed by atoms with Crippen LogP contribution in [-0.2, 0) is 4.79 Å². The summed E-state index contributed by atoms with van der Waals surface area (Å²) in [6.07, 6.45) is 0.270. The Morgan fingerprint density at radius 2 is 2.15 bits per heavy atom. The number of nitrogens with one attached hydrogen (secondary N) is 1. The summed E-state index contributed by atoms with van der Waals surface area (Å²) in [4.78, 5) is 15.8. The molecule has 0 aliphatic rings. The van der Waals surface area contributed by atoms with Gasteiger partial charge in [-0.1, -0.05) is 23.4 Å². The molecule has 1 heterocycles. The maximum atomic E-state index is 11.7. The summed E-state index contributed by atoms with van der Waals surface area (Å²) in [5.41, 5.74) is 0. The first-order valence-corrected chi connectivity index (χ1v) is 6.42. The molecule has 0 bridgehead atoms. The minimum absolute atomic E-state index is 0.121. The number of para-hydroxylation sites is 1. The zero-order valence-corrected chi connectivity index (χ0v) is 11.5. The van der Waals surface area contributed by atoms with Gasteiger partial charge in [0.1, 0.15) is 11.8 Å². The molecule has 2 aromatic rings. The molecule has 0 saturated heterocycles. The number of nitrogens with zero attached hydrogens (tertiary/aromatic N) is 2. The van der Waals surface area contributed by atoms with Crippen LogP contribution in [0, 0.1) is 6.92 Å². The highest BCUT2D eigenvalue weighted by atomic mass is 16.5. The minimum atomic E-state index is -0.305. The van der Waals surface area contributed by atoms with E-state index in [2.05, 4.69) is 15.5 Å². The van der Waals surface area contributed by atoms with E-state index in [4.69, 9.17) is 9.26 Å². The Balaban J connectivity index is 1.73. The fraction of sp³-hybridized carbons (Fsp3) is 0.357. The van der Waals surface area contributed by atoms with E-state index in [0.717, 1.165) is 5.75 Å². The van der Waals surface area contributed by atoms with Crippen molar-refractivity contribution in [1.29, 1.82) is 0 Å². The van der Waals surface area contributed by atoms with Crippen LogP contribution in [0.2, 0.25) is 0 Å². The molecule has 0 spiro atoms. The lowest BCUT2D eigenvalue weighted by atomic mass is 10.3. The van der Waals surface area contributed by atoms with Crippen LogP contribution in [-0.4, -0.2) is 22.7 Å². The van der Waals surface area contributed by atoms with Crippen molar-refractivity contribution in [3.63, 3.8) is 0 Å². The van der Waals surface area contributed by atoms with Crippen LogP contribution in [0.15, 0.2) is 34.9 Å². The topological polar surface area (TPSA) is 77.2 Å². The number of ether oxygens (including phenoxy) is 1. The molecular weight excluding hydrogens is 258 g/mol. The van der Waals surface area contributed by atoms with Gasteiger partial charge in [0.15, 0.2) is 5.82 Å². The first-order valence-electron chi connectivity index (χ1n) is 6.42. The van der Waals surface area contributed by atoms with E-state index in [-0.39, 0.29) is 18.4 Å². The van der Waals surface area contributed by atoms with Crippen LogP contribution in [0.4, 0.5) is 0 Å². The van der Waals surface area contributed by atoms with E-state index in [1.54, 1.807) is 13.8 Å². The van der Waals surface area contributed by atoms with Gasteiger partial charge in [0.2, 0.25) is 11.8 Å². The smallest absolute Gasteiger partial charge is 0.248 e. The first-order chi connectivity index (χ1) is 9.65. The fourth-order valence-corrected chi connectivity index (χ4v) is 1.64. The molecule has 1 aromatic carbocycles. The minimum Gasteiger partial charge on any atom is -0.493 e. The SMILES string of the molecule is Cc1noc(C(C)NC(=O)CCOc2ccccc2)n1. The normalized spacial score (nSPS) is 11.9. The van der Waals surface area contributed by atoms with Gasteiger partial charge in [-0.25, -0.2) is 0 Å². The third-order valence-corrected chi connectivity index (χ3v) is 2.63. The van der Waals surface area contributed by atoms with Crippen molar-refractivity contribution in [2.24, 2.45) is 0 Å². The van der Waals surface area contributed by atoms with Crippen LogP contribution in [0.25, 0.3) is 0 Å². The van der Waals surface area contributed by atoms with E-state index in [9.17, 15) is 4.79 Å². The molecule has 1 aromatic heterocycles. The van der Waals surface area contributed by atoms with E-state index in [1.807, 2.05) is 30.3 Å². The molecule has 6 nitrogen and oxygen atoms in total. The Bertz CT molecular complexity index is 554. The van der Waals surface area contributed by atoms with Crippen molar-refractivity contribution in [2.45, 2.75) is 26.3 Å². The second-order valence-electron chi connectivity index (χ2n) is 4.38. The standard InChI is InChI=1S/C14H17N3O3/c1-10(14-16-11(2)17-20-14)15-13(18)8-9-19-12-6-4-3-5-7-12/h3-7,10H,8-9H2,1-2H3,(H,15,18). The summed E-state index contributed by atoms with van der Waals surface area (Å²) >= 11 is 0. The summed E-state index contributed by atoms with van der Waals surface area (Å²) in [7, 11) is 0. The largest absolute Gasteiger partial charge is 0.493 e. The van der Waals surface area contributed by atoms with Gasteiger partial charge in [0, 0.05) is 0 Å². The zero-order chi connectivity index (χ0) is 14.4. The summed E-state index contributed by atoms with van der Waals surface area (Å²) in [6, 6.07) is 9.07. The molecule has 0 aliphatic carbocycles. The predicted octanol–water partition coefficient (Wildman–Crippen LogP) is 2.02. The van der Waals surface area contributed by atoms with E-state index >= 15 is 0 Å². The van der Waals surface area contributed by atoms with Gasteiger partial charge < -0.3 is 14.6 Å². The van der Waals surface area contributed by atoms with Gasteiger partial charge in [-0.05, 0) is 26.0 Å². The quantitative estimate of drug-likeness (QED) is 0.872. The number of carbonyl (C=O) groups is 1. The third kappa shape index (κ3) is 4.08. The Labute approximate surface area is 117 Å². The number of hydrogen-bond acceptors (Lipinski definition) is 5. The van der Waals surface area contributed by atoms with Gasteiger partial charge in [-0.15, -0.1) is 0 Å². The molecule has 0 radical (unpaired) electrons. The van der Waals surface area contributed by atoms with Crippen molar-refractivity contribution in [3.8, 4) is 5.75 Å². The van der Waals surface area contributed by atoms with Gasteiger partial charge in [0.25, 0.3) is 0 Å². The molecule has 6 heteroatoms. The molecule has 1 atom stereocenters. The number of hydrogen-bond donors (Lipinski definition) is 1. The zero-order valence-electron chi connectivity index (χ0n) is 11.5. The highest BCUT2D eigenvalue weighted by Crippen LogP contribution is 2.10. The van der Waals surface area contributed by atoms with Crippen LogP contribution in [0.5, 0.6) is 5.75 Å². The lowest BCUT2D eigenvalue weighted by Gasteiger charge is -2.10. The number of aromatic nitrogens is 2. The molecule has 0 aliphatic heterocycles. The number of amides is 1. The summed E-state index contributed by atoms with van der Waals surface area (Å²) in [6.45, 7) is 3.85. The maximum Gasteiger partial charge on any atom is 0.248 e. The van der Waals surface area contributed by atoms with E-state index < -0.39 is 0 Å². The number of carbonyl (C=O) groups excluding carboxylic acids is 1. The van der Waals surface area contributed by atoms with Crippen LogP contribution >= 0.6 is 0 Å². The second kappa shape index (κ2) is 6.70. The summed E-state index contributed by atoms with van der Waals surface area (Å²) < 4.78 is 10.4. The van der Waals surface area contributed by atoms with Crippen molar-refractivity contribution in [2.75, 3.05) is 6.61 Å². The summed E-state index contributed by atoms with van der Waals surface area (Å²) in [5, 5.41) is 6.47. The average molecular weight is 275 g/mol. The van der Waals surface area contributed by atoms with Gasteiger partial charge in [-0.3, -0.25) is 4.79 Å². The molecular formula is C14H17N3O3. The lowest BCUT2D eigenvalue weighted by Crippen LogP contribution is -2.28. The third-order valence-electron chi connectivity index (χ3n) is 2.63. The molecule has 1 amide bonds. The second-order valence-corrected chi connectivity index (χ2v) is 4.38. The Hall–Kier alpha value is -2.37. The van der Waals surface area contributed by atoms with E-state index in [0.29, 0.717) is 18.3 Å². The highest BCUT2D eigenvalue weighted by Gasteiger charge is 2.15. The van der Waals surface area contributed by atoms with Crippen molar-refractivity contribution >= 4 is 5.91 Å². The fourth-order valence-electron chi connectivity index (χ4n) is 1.64. The molecule has 2 rings (SSSR count). The number of aryl methyl sites for hydroxylation is 1. The molecule has 1 N–H and O–H groups in total. The molecule has 0 saturated carbocycles. The molecule has 20 heavy (non-hydrogen) atoms. The lowest BCUT2D eigenvalue weighted by molar-refractivity contribution is -0.122. The van der Waals surface area contributed by atoms with Gasteiger partial charge in [-0.2, -0.15) is 4.98 Å². The Kier molecular flexibility index (Phi) is 4.70. The van der Waals surface area contributed by atoms with E-state index in [1.165, 1.54) is 0 Å². The molecule has 106 valence electrons. The Morgan fingerprint density at radius 3 is 2.80 bits per heavy atom. The van der Waals surface area contributed by atoms with Gasteiger partial charge >= 0.3 is 0 Å². The number of rotatable bonds is 6. The molecule has 0 fully saturated rings. The molecule has 1 unspecified atom stereocenters. The van der Waals surface area contributed by atoms with Crippen LogP contribution < -0.4 is 10.1 Å². The van der Waals surface area contributed by atoms with Crippen molar-refractivity contribution in [1.82, 2.24) is 15.5 Å². The van der Waals surface area contributed by atoms with Crippen molar-refractivity contribution < 1.29 is 14.1 Å². The monoisotopic (exact) mass is 275 g/mol. The Morgan fingerprint density at radius 1 is 1.40 bits per heavy atom. The first kappa shape index (κ1) is 14.0. The van der Waals surface area contributed by atoms with Crippen LogP contribution in [0.3, 0.4) is 0 Å². The number of benzene rings is 1. The highest BCUT2D eigenvalue weighted by molar-refractivity contribution is 5.76. The summed E-state index contributed by atoms with van der Waals surface area (Å²) in [5.74, 6) is 1.58. The van der Waals surface area contributed by atoms with Gasteiger partial charge in [0.05, 0.1) is 13.0 Å². The predicted molar refractivity (Wildman–Crippen MR) is 72.1 cm³/mol. The van der Waals surface area contributed by atoms with Crippen molar-refractivity contribution in [3.05, 3.63) is 42.0 Å². The average Bonchev–Trinajstić information content (AvgIpc) is 2.87. The van der Waals surface area contributed by atoms with Crippen LogP contribution in [0.1, 0.15) is 31.1 Å². The maximum absolute atomic E-state index is 11.7.